The molecule has 0 aliphatic carbocycles. The third-order valence-corrected chi connectivity index (χ3v) is 4.20. The lowest BCUT2D eigenvalue weighted by molar-refractivity contribution is -0.486. The van der Waals surface area contributed by atoms with E-state index < -0.39 is 11.1 Å². The van der Waals surface area contributed by atoms with E-state index in [1.54, 1.807) is 4.90 Å². The molecule has 1 amide bonds. The summed E-state index contributed by atoms with van der Waals surface area (Å²) >= 11 is 0. The number of rotatable bonds is 6. The van der Waals surface area contributed by atoms with Crippen molar-refractivity contribution in [1.82, 2.24) is 9.80 Å². The van der Waals surface area contributed by atoms with Crippen LogP contribution in [-0.2, 0) is 9.47 Å². The molecule has 0 N–H and O–H groups in total. The lowest BCUT2D eigenvalue weighted by atomic mass is 9.97. The van der Waals surface area contributed by atoms with E-state index in [4.69, 9.17) is 9.47 Å². The Hall–Kier alpha value is -1.90. The highest BCUT2D eigenvalue weighted by molar-refractivity contribution is 5.95. The first kappa shape index (κ1) is 18.4. The lowest BCUT2D eigenvalue weighted by Gasteiger charge is -2.22. The van der Waals surface area contributed by atoms with Gasteiger partial charge >= 0.3 is 6.09 Å². The second-order valence-electron chi connectivity index (χ2n) is 6.84. The molecule has 2 saturated heterocycles. The van der Waals surface area contributed by atoms with Crippen molar-refractivity contribution in [3.63, 3.8) is 0 Å². The highest BCUT2D eigenvalue weighted by Crippen LogP contribution is 2.30. The van der Waals surface area contributed by atoms with Gasteiger partial charge in [0.2, 0.25) is 0 Å². The zero-order chi connectivity index (χ0) is 17.7. The van der Waals surface area contributed by atoms with Gasteiger partial charge in [0.15, 0.2) is 5.03 Å². The van der Waals surface area contributed by atoms with Crippen LogP contribution in [0.3, 0.4) is 0 Å². The van der Waals surface area contributed by atoms with Gasteiger partial charge in [0.05, 0.1) is 25.4 Å². The number of guanidine groups is 1. The Labute approximate surface area is 141 Å². The monoisotopic (exact) mass is 342 g/mol. The third kappa shape index (κ3) is 4.80. The van der Waals surface area contributed by atoms with Crippen LogP contribution >= 0.6 is 0 Å². The van der Waals surface area contributed by atoms with E-state index in [0.29, 0.717) is 32.8 Å². The van der Waals surface area contributed by atoms with Gasteiger partial charge in [-0.1, -0.05) is 13.3 Å². The average Bonchev–Trinajstić information content (AvgIpc) is 3.03. The number of unbranched alkanes of at least 4 members (excludes halogenated alkanes) is 1. The Morgan fingerprint density at radius 3 is 2.83 bits per heavy atom. The largest absolute Gasteiger partial charge is 0.449 e. The van der Waals surface area contributed by atoms with Crippen LogP contribution in [0.4, 0.5) is 4.79 Å². The average molecular weight is 342 g/mol. The number of hydrazone groups is 1. The minimum absolute atomic E-state index is 0.0613. The maximum atomic E-state index is 12.1. The molecule has 136 valence electrons. The summed E-state index contributed by atoms with van der Waals surface area (Å²) in [5.74, 6) is 0.319. The number of hydrogen-bond donors (Lipinski definition) is 0. The van der Waals surface area contributed by atoms with Crippen LogP contribution in [0, 0.1) is 16.0 Å². The first-order valence-electron chi connectivity index (χ1n) is 8.38. The molecule has 0 aromatic heterocycles. The van der Waals surface area contributed by atoms with E-state index in [1.165, 1.54) is 4.90 Å². The topological polar surface area (TPSA) is 97.5 Å². The van der Waals surface area contributed by atoms with Gasteiger partial charge in [0, 0.05) is 19.0 Å². The fourth-order valence-electron chi connectivity index (χ4n) is 3.09. The Balaban J connectivity index is 2.01. The fraction of sp³-hybridized carbons (Fsp3) is 0.867. The van der Waals surface area contributed by atoms with Crippen molar-refractivity contribution in [2.45, 2.75) is 45.6 Å². The number of carbonyl (C=O) groups is 1. The molecule has 1 atom stereocenters. The summed E-state index contributed by atoms with van der Waals surface area (Å²) in [5.41, 5.74) is -0.177. The zero-order valence-electron chi connectivity index (χ0n) is 14.6. The molecule has 2 rings (SSSR count). The van der Waals surface area contributed by atoms with E-state index in [0.717, 1.165) is 19.3 Å². The Morgan fingerprint density at radius 2 is 2.25 bits per heavy atom. The Morgan fingerprint density at radius 1 is 1.50 bits per heavy atom. The van der Waals surface area contributed by atoms with Crippen molar-refractivity contribution in [2.75, 3.05) is 32.8 Å². The molecule has 9 heteroatoms. The molecule has 0 spiro atoms. The van der Waals surface area contributed by atoms with Crippen LogP contribution in [0.1, 0.15) is 40.0 Å². The number of ether oxygens (including phenoxy) is 2. The van der Waals surface area contributed by atoms with Gasteiger partial charge in [-0.25, -0.2) is 19.8 Å². The van der Waals surface area contributed by atoms with Gasteiger partial charge in [0.1, 0.15) is 5.10 Å². The van der Waals surface area contributed by atoms with Gasteiger partial charge in [-0.3, -0.25) is 0 Å². The van der Waals surface area contributed by atoms with E-state index in [-0.39, 0.29) is 17.5 Å². The lowest BCUT2D eigenvalue weighted by Crippen LogP contribution is -2.40. The molecule has 2 fully saturated rings. The van der Waals surface area contributed by atoms with Crippen LogP contribution in [-0.4, -0.2) is 65.3 Å². The van der Waals surface area contributed by atoms with E-state index >= 15 is 0 Å². The normalized spacial score (nSPS) is 24.6. The van der Waals surface area contributed by atoms with Gasteiger partial charge in [-0.15, -0.1) is 0 Å². The SMILES string of the molecule is CCCCOC(=O)N1CCN(CC2COC(C)(C)C2)C1=N[N+](=O)[O-]. The predicted octanol–water partition coefficient (Wildman–Crippen LogP) is 1.90. The van der Waals surface area contributed by atoms with Crippen LogP contribution < -0.4 is 0 Å². The van der Waals surface area contributed by atoms with Crippen molar-refractivity contribution in [2.24, 2.45) is 11.0 Å². The standard InChI is InChI=1S/C15H26N4O5/c1-4-5-8-23-14(20)18-7-6-17(13(18)16-19(21)22)10-12-9-15(2,3)24-11-12/h12H,4-11H2,1-3H3. The second kappa shape index (κ2) is 7.78. The fourth-order valence-corrected chi connectivity index (χ4v) is 3.09. The van der Waals surface area contributed by atoms with E-state index in [9.17, 15) is 14.9 Å². The molecular formula is C15H26N4O5. The smallest absolute Gasteiger partial charge is 0.416 e. The van der Waals surface area contributed by atoms with Crippen LogP contribution in [0.15, 0.2) is 5.10 Å². The molecule has 0 saturated carbocycles. The summed E-state index contributed by atoms with van der Waals surface area (Å²) in [4.78, 5) is 26.0. The summed E-state index contributed by atoms with van der Waals surface area (Å²) in [6.45, 7) is 8.39. The predicted molar refractivity (Wildman–Crippen MR) is 87.1 cm³/mol. The van der Waals surface area contributed by atoms with Crippen molar-refractivity contribution < 1.29 is 19.3 Å². The zero-order valence-corrected chi connectivity index (χ0v) is 14.6. The maximum Gasteiger partial charge on any atom is 0.416 e. The summed E-state index contributed by atoms with van der Waals surface area (Å²) in [6, 6.07) is 0. The van der Waals surface area contributed by atoms with Crippen LogP contribution in [0.5, 0.6) is 0 Å². The molecular weight excluding hydrogens is 316 g/mol. The highest BCUT2D eigenvalue weighted by atomic mass is 16.7. The minimum atomic E-state index is -0.769. The molecule has 2 aliphatic rings. The van der Waals surface area contributed by atoms with E-state index in [1.807, 2.05) is 20.8 Å². The summed E-state index contributed by atoms with van der Waals surface area (Å²) in [7, 11) is 0. The molecule has 2 heterocycles. The summed E-state index contributed by atoms with van der Waals surface area (Å²) in [5, 5.41) is 13.5. The van der Waals surface area contributed by atoms with Gasteiger partial charge < -0.3 is 14.4 Å². The third-order valence-electron chi connectivity index (χ3n) is 4.20. The quantitative estimate of drug-likeness (QED) is 0.415. The number of amides is 1. The van der Waals surface area contributed by atoms with Gasteiger partial charge in [0.25, 0.3) is 5.96 Å². The highest BCUT2D eigenvalue weighted by Gasteiger charge is 2.39. The van der Waals surface area contributed by atoms with Gasteiger partial charge in [-0.2, -0.15) is 0 Å². The van der Waals surface area contributed by atoms with E-state index in [2.05, 4.69) is 5.10 Å². The second-order valence-corrected chi connectivity index (χ2v) is 6.84. The van der Waals surface area contributed by atoms with Gasteiger partial charge in [-0.05, 0) is 26.7 Å². The first-order valence-corrected chi connectivity index (χ1v) is 8.38. The minimum Gasteiger partial charge on any atom is -0.449 e. The van der Waals surface area contributed by atoms with Crippen molar-refractivity contribution in [1.29, 1.82) is 0 Å². The number of nitro groups is 1. The maximum absolute atomic E-state index is 12.1. The van der Waals surface area contributed by atoms with Crippen molar-refractivity contribution in [3.8, 4) is 0 Å². The number of carbonyl (C=O) groups excluding carboxylic acids is 1. The molecule has 2 aliphatic heterocycles. The molecule has 0 aromatic rings. The molecule has 0 radical (unpaired) electrons. The van der Waals surface area contributed by atoms with Crippen LogP contribution in [0.25, 0.3) is 0 Å². The van der Waals surface area contributed by atoms with Crippen LogP contribution in [0.2, 0.25) is 0 Å². The van der Waals surface area contributed by atoms with Crippen molar-refractivity contribution in [3.05, 3.63) is 10.1 Å². The summed E-state index contributed by atoms with van der Waals surface area (Å²) < 4.78 is 10.9. The molecule has 0 aromatic carbocycles. The number of hydrogen-bond acceptors (Lipinski definition) is 5. The molecule has 24 heavy (non-hydrogen) atoms. The molecule has 0 bridgehead atoms. The summed E-state index contributed by atoms with van der Waals surface area (Å²) in [6.07, 6.45) is 1.97. The molecule has 9 nitrogen and oxygen atoms in total. The first-order chi connectivity index (χ1) is 11.3. The Kier molecular flexibility index (Phi) is 5.98. The molecule has 1 unspecified atom stereocenters. The Bertz CT molecular complexity index is 508. The number of nitrogens with zero attached hydrogens (tertiary/aromatic N) is 4. The van der Waals surface area contributed by atoms with Crippen molar-refractivity contribution >= 4 is 12.1 Å².